The van der Waals surface area contributed by atoms with Crippen LogP contribution in [0, 0.1) is 0 Å². The van der Waals surface area contributed by atoms with Crippen LogP contribution < -0.4 is 0 Å². The maximum atomic E-state index is 11.6. The number of carbonyl (C=O) groups is 1. The van der Waals surface area contributed by atoms with Crippen LogP contribution >= 0.6 is 15.9 Å². The quantitative estimate of drug-likeness (QED) is 0.712. The van der Waals surface area contributed by atoms with Crippen molar-refractivity contribution >= 4 is 21.8 Å². The zero-order valence-corrected chi connectivity index (χ0v) is 10.6. The van der Waals surface area contributed by atoms with Crippen molar-refractivity contribution in [2.75, 3.05) is 19.7 Å². The number of amides is 1. The normalized spacial score (nSPS) is 22.9. The third kappa shape index (κ3) is 3.96. The molecule has 1 amide bonds. The Morgan fingerprint density at radius 1 is 1.57 bits per heavy atom. The minimum Gasteiger partial charge on any atom is -0.366 e. The zero-order chi connectivity index (χ0) is 10.8. The van der Waals surface area contributed by atoms with Crippen molar-refractivity contribution in [2.24, 2.45) is 0 Å². The van der Waals surface area contributed by atoms with Gasteiger partial charge in [0.25, 0.3) is 0 Å². The summed E-state index contributed by atoms with van der Waals surface area (Å²) in [5, 5.41) is 0. The van der Waals surface area contributed by atoms with E-state index in [1.165, 1.54) is 0 Å². The summed E-state index contributed by atoms with van der Waals surface area (Å²) in [6, 6.07) is 0. The maximum absolute atomic E-state index is 11.6. The number of likely N-dealkylation sites (tertiary alicyclic amines) is 1. The average Bonchev–Trinajstić information content (AvgIpc) is 2.46. The second kappa shape index (κ2) is 4.62. The average molecular weight is 264 g/mol. The van der Waals surface area contributed by atoms with E-state index < -0.39 is 0 Å². The second-order valence-electron chi connectivity index (χ2n) is 4.63. The van der Waals surface area contributed by atoms with Gasteiger partial charge in [-0.3, -0.25) is 4.79 Å². The molecule has 1 aliphatic rings. The van der Waals surface area contributed by atoms with E-state index in [9.17, 15) is 4.79 Å². The van der Waals surface area contributed by atoms with E-state index in [0.717, 1.165) is 19.5 Å². The smallest absolute Gasteiger partial charge is 0.248 e. The van der Waals surface area contributed by atoms with Crippen molar-refractivity contribution in [3.05, 3.63) is 0 Å². The van der Waals surface area contributed by atoms with Gasteiger partial charge in [0.15, 0.2) is 0 Å². The Morgan fingerprint density at radius 3 is 2.64 bits per heavy atom. The van der Waals surface area contributed by atoms with Crippen molar-refractivity contribution in [1.82, 2.24) is 4.90 Å². The fraction of sp³-hybridized carbons (Fsp3) is 0.900. The topological polar surface area (TPSA) is 29.5 Å². The van der Waals surface area contributed by atoms with E-state index in [0.29, 0.717) is 4.83 Å². The van der Waals surface area contributed by atoms with Crippen LogP contribution in [0.2, 0.25) is 0 Å². The molecular formula is C10H18BrNO2. The molecule has 0 aromatic carbocycles. The summed E-state index contributed by atoms with van der Waals surface area (Å²) >= 11 is 3.50. The van der Waals surface area contributed by atoms with Crippen LogP contribution in [-0.4, -0.2) is 40.9 Å². The lowest BCUT2D eigenvalue weighted by Crippen LogP contribution is -2.35. The minimum atomic E-state index is -0.233. The molecule has 4 heteroatoms. The SMILES string of the molecule is CC(C)(C)OCC(=O)N1CCC(Br)C1. The number of alkyl halides is 1. The third-order valence-electron chi connectivity index (χ3n) is 2.11. The Balaban J connectivity index is 2.29. The van der Waals surface area contributed by atoms with Crippen LogP contribution in [0.4, 0.5) is 0 Å². The van der Waals surface area contributed by atoms with Crippen molar-refractivity contribution in [1.29, 1.82) is 0 Å². The van der Waals surface area contributed by atoms with Gasteiger partial charge in [-0.1, -0.05) is 15.9 Å². The number of rotatable bonds is 2. The molecule has 0 spiro atoms. The molecule has 1 heterocycles. The summed E-state index contributed by atoms with van der Waals surface area (Å²) < 4.78 is 5.43. The van der Waals surface area contributed by atoms with E-state index in [1.54, 1.807) is 0 Å². The van der Waals surface area contributed by atoms with Gasteiger partial charge in [-0.2, -0.15) is 0 Å². The first-order valence-corrected chi connectivity index (χ1v) is 5.86. The first-order chi connectivity index (χ1) is 6.38. The lowest BCUT2D eigenvalue weighted by molar-refractivity contribution is -0.139. The molecule has 0 N–H and O–H groups in total. The van der Waals surface area contributed by atoms with E-state index in [4.69, 9.17) is 4.74 Å². The number of ether oxygens (including phenoxy) is 1. The summed E-state index contributed by atoms with van der Waals surface area (Å²) in [6.45, 7) is 7.73. The van der Waals surface area contributed by atoms with Gasteiger partial charge < -0.3 is 9.64 Å². The van der Waals surface area contributed by atoms with Crippen LogP contribution in [-0.2, 0) is 9.53 Å². The predicted molar refractivity (Wildman–Crippen MR) is 59.6 cm³/mol. The third-order valence-corrected chi connectivity index (χ3v) is 2.86. The van der Waals surface area contributed by atoms with Gasteiger partial charge in [0, 0.05) is 17.9 Å². The molecule has 1 saturated heterocycles. The standard InChI is InChI=1S/C10H18BrNO2/c1-10(2,3)14-7-9(13)12-5-4-8(11)6-12/h8H,4-7H2,1-3H3. The number of halogens is 1. The highest BCUT2D eigenvalue weighted by Crippen LogP contribution is 2.17. The molecule has 0 aromatic rings. The largest absolute Gasteiger partial charge is 0.366 e. The molecule has 0 saturated carbocycles. The number of hydrogen-bond donors (Lipinski definition) is 0. The monoisotopic (exact) mass is 263 g/mol. The zero-order valence-electron chi connectivity index (χ0n) is 9.05. The first kappa shape index (κ1) is 12.0. The highest BCUT2D eigenvalue weighted by molar-refractivity contribution is 9.09. The molecule has 1 rings (SSSR count). The van der Waals surface area contributed by atoms with Gasteiger partial charge in [0.1, 0.15) is 6.61 Å². The minimum absolute atomic E-state index is 0.0990. The molecule has 0 aliphatic carbocycles. The second-order valence-corrected chi connectivity index (χ2v) is 5.92. The summed E-state index contributed by atoms with van der Waals surface area (Å²) in [5.41, 5.74) is -0.233. The molecule has 1 aliphatic heterocycles. The molecule has 0 bridgehead atoms. The van der Waals surface area contributed by atoms with E-state index >= 15 is 0 Å². The van der Waals surface area contributed by atoms with Crippen molar-refractivity contribution in [3.63, 3.8) is 0 Å². The summed E-state index contributed by atoms with van der Waals surface area (Å²) in [6.07, 6.45) is 1.04. The summed E-state index contributed by atoms with van der Waals surface area (Å²) in [7, 11) is 0. The molecule has 1 unspecified atom stereocenters. The highest BCUT2D eigenvalue weighted by atomic mass is 79.9. The summed E-state index contributed by atoms with van der Waals surface area (Å²) in [5.74, 6) is 0.0990. The molecule has 82 valence electrons. The van der Waals surface area contributed by atoms with Gasteiger partial charge in [0.05, 0.1) is 5.60 Å². The van der Waals surface area contributed by atoms with Crippen LogP contribution in [0.5, 0.6) is 0 Å². The fourth-order valence-corrected chi connectivity index (χ4v) is 1.87. The Labute approximate surface area is 93.9 Å². The van der Waals surface area contributed by atoms with E-state index in [2.05, 4.69) is 15.9 Å². The van der Waals surface area contributed by atoms with Crippen LogP contribution in [0.15, 0.2) is 0 Å². The Hall–Kier alpha value is -0.0900. The van der Waals surface area contributed by atoms with Crippen molar-refractivity contribution in [2.45, 2.75) is 37.6 Å². The first-order valence-electron chi connectivity index (χ1n) is 4.94. The van der Waals surface area contributed by atoms with Gasteiger partial charge in [-0.25, -0.2) is 0 Å². The molecule has 14 heavy (non-hydrogen) atoms. The van der Waals surface area contributed by atoms with Crippen LogP contribution in [0.1, 0.15) is 27.2 Å². The number of hydrogen-bond acceptors (Lipinski definition) is 2. The van der Waals surface area contributed by atoms with Gasteiger partial charge in [0.2, 0.25) is 5.91 Å². The lowest BCUT2D eigenvalue weighted by atomic mass is 10.2. The van der Waals surface area contributed by atoms with Gasteiger partial charge in [-0.05, 0) is 27.2 Å². The Bertz CT molecular complexity index is 213. The Kier molecular flexibility index (Phi) is 3.95. The number of nitrogens with zero attached hydrogens (tertiary/aromatic N) is 1. The van der Waals surface area contributed by atoms with Gasteiger partial charge >= 0.3 is 0 Å². The van der Waals surface area contributed by atoms with Crippen molar-refractivity contribution in [3.8, 4) is 0 Å². The van der Waals surface area contributed by atoms with Crippen LogP contribution in [0.25, 0.3) is 0 Å². The molecular weight excluding hydrogens is 246 g/mol. The molecule has 0 aromatic heterocycles. The molecule has 1 fully saturated rings. The van der Waals surface area contributed by atoms with Gasteiger partial charge in [-0.15, -0.1) is 0 Å². The predicted octanol–water partition coefficient (Wildman–Crippen LogP) is 1.80. The van der Waals surface area contributed by atoms with E-state index in [-0.39, 0.29) is 18.1 Å². The van der Waals surface area contributed by atoms with Crippen molar-refractivity contribution < 1.29 is 9.53 Å². The highest BCUT2D eigenvalue weighted by Gasteiger charge is 2.25. The number of carbonyl (C=O) groups excluding carboxylic acids is 1. The maximum Gasteiger partial charge on any atom is 0.248 e. The summed E-state index contributed by atoms with van der Waals surface area (Å²) in [4.78, 5) is 13.9. The Morgan fingerprint density at radius 2 is 2.21 bits per heavy atom. The van der Waals surface area contributed by atoms with E-state index in [1.807, 2.05) is 25.7 Å². The molecule has 0 radical (unpaired) electrons. The van der Waals surface area contributed by atoms with Crippen LogP contribution in [0.3, 0.4) is 0 Å². The molecule has 3 nitrogen and oxygen atoms in total. The fourth-order valence-electron chi connectivity index (χ4n) is 1.31. The lowest BCUT2D eigenvalue weighted by Gasteiger charge is -2.22. The molecule has 1 atom stereocenters.